The van der Waals surface area contributed by atoms with E-state index in [2.05, 4.69) is 13.8 Å². The van der Waals surface area contributed by atoms with Gasteiger partial charge in [0.15, 0.2) is 6.29 Å². The van der Waals surface area contributed by atoms with E-state index in [0.717, 1.165) is 0 Å². The lowest BCUT2D eigenvalue weighted by Gasteiger charge is -2.31. The van der Waals surface area contributed by atoms with Crippen molar-refractivity contribution in [2.75, 3.05) is 0 Å². The molecule has 2 heteroatoms. The molecule has 2 aliphatic rings. The van der Waals surface area contributed by atoms with Crippen LogP contribution in [0.15, 0.2) is 11.8 Å². The van der Waals surface area contributed by atoms with Crippen molar-refractivity contribution in [1.82, 2.24) is 0 Å². The molecule has 1 saturated carbocycles. The van der Waals surface area contributed by atoms with Crippen LogP contribution < -0.4 is 0 Å². The topological polar surface area (TPSA) is 29.5 Å². The van der Waals surface area contributed by atoms with Gasteiger partial charge in [0.2, 0.25) is 0 Å². The molecular weight excluding hydrogens is 152 g/mol. The third-order valence-electron chi connectivity index (χ3n) is 3.36. The van der Waals surface area contributed by atoms with Gasteiger partial charge in [-0.05, 0) is 37.2 Å². The molecule has 1 N–H and O–H groups in total. The highest BCUT2D eigenvalue weighted by Crippen LogP contribution is 2.45. The molecule has 2 nitrogen and oxygen atoms in total. The molecule has 0 amide bonds. The van der Waals surface area contributed by atoms with Crippen molar-refractivity contribution >= 4 is 0 Å². The molecule has 1 fully saturated rings. The lowest BCUT2D eigenvalue weighted by atomic mass is 9.84. The average molecular weight is 168 g/mol. The highest BCUT2D eigenvalue weighted by molar-refractivity contribution is 5.09. The second-order valence-electron chi connectivity index (χ2n) is 4.13. The summed E-state index contributed by atoms with van der Waals surface area (Å²) < 4.78 is 5.17. The summed E-state index contributed by atoms with van der Waals surface area (Å²) in [6, 6.07) is 0. The van der Waals surface area contributed by atoms with Crippen LogP contribution in [0.5, 0.6) is 0 Å². The van der Waals surface area contributed by atoms with Crippen LogP contribution in [0.3, 0.4) is 0 Å². The monoisotopic (exact) mass is 168 g/mol. The Hall–Kier alpha value is -0.500. The number of allylic oxidation sites excluding steroid dienone is 1. The van der Waals surface area contributed by atoms with Crippen molar-refractivity contribution in [1.29, 1.82) is 0 Å². The SMILES string of the molecule is CC1=CO[C@H](O)[C@@H]2[C@@H]1CC[C@@H]2C. The van der Waals surface area contributed by atoms with Gasteiger partial charge in [-0.3, -0.25) is 0 Å². The minimum Gasteiger partial charge on any atom is -0.472 e. The molecule has 2 rings (SSSR count). The van der Waals surface area contributed by atoms with E-state index in [4.69, 9.17) is 4.74 Å². The van der Waals surface area contributed by atoms with Gasteiger partial charge >= 0.3 is 0 Å². The van der Waals surface area contributed by atoms with E-state index in [0.29, 0.717) is 17.8 Å². The predicted molar refractivity (Wildman–Crippen MR) is 46.2 cm³/mol. The van der Waals surface area contributed by atoms with E-state index < -0.39 is 6.29 Å². The quantitative estimate of drug-likeness (QED) is 0.598. The molecule has 0 unspecified atom stereocenters. The molecular formula is C10H16O2. The summed E-state index contributed by atoms with van der Waals surface area (Å²) in [7, 11) is 0. The van der Waals surface area contributed by atoms with Gasteiger partial charge in [-0.15, -0.1) is 0 Å². The van der Waals surface area contributed by atoms with Crippen molar-refractivity contribution in [3.63, 3.8) is 0 Å². The van der Waals surface area contributed by atoms with Crippen LogP contribution in [0, 0.1) is 17.8 Å². The Balaban J connectivity index is 2.23. The van der Waals surface area contributed by atoms with Crippen molar-refractivity contribution < 1.29 is 9.84 Å². The van der Waals surface area contributed by atoms with Gasteiger partial charge in [0.05, 0.1) is 6.26 Å². The summed E-state index contributed by atoms with van der Waals surface area (Å²) in [5, 5.41) is 9.60. The number of fused-ring (bicyclic) bond motifs is 1. The maximum atomic E-state index is 9.60. The van der Waals surface area contributed by atoms with Gasteiger partial charge < -0.3 is 9.84 Å². The molecule has 0 aromatic heterocycles. The Morgan fingerprint density at radius 1 is 1.50 bits per heavy atom. The Morgan fingerprint density at radius 3 is 2.92 bits per heavy atom. The van der Waals surface area contributed by atoms with E-state index in [1.165, 1.54) is 18.4 Å². The minimum atomic E-state index is -0.559. The molecule has 4 atom stereocenters. The molecule has 1 heterocycles. The summed E-state index contributed by atoms with van der Waals surface area (Å²) in [6.45, 7) is 4.30. The highest BCUT2D eigenvalue weighted by atomic mass is 16.6. The third-order valence-corrected chi connectivity index (χ3v) is 3.36. The summed E-state index contributed by atoms with van der Waals surface area (Å²) in [5.74, 6) is 1.52. The van der Waals surface area contributed by atoms with Crippen molar-refractivity contribution in [2.24, 2.45) is 17.8 Å². The van der Waals surface area contributed by atoms with Gasteiger partial charge in [0.1, 0.15) is 0 Å². The Bertz CT molecular complexity index is 210. The number of aliphatic hydroxyl groups is 1. The summed E-state index contributed by atoms with van der Waals surface area (Å²) in [5.41, 5.74) is 1.30. The van der Waals surface area contributed by atoms with Crippen LogP contribution in [0.2, 0.25) is 0 Å². The molecule has 0 spiro atoms. The smallest absolute Gasteiger partial charge is 0.200 e. The minimum absolute atomic E-state index is 0.343. The fourth-order valence-electron chi connectivity index (χ4n) is 2.59. The van der Waals surface area contributed by atoms with E-state index in [9.17, 15) is 5.11 Å². The zero-order chi connectivity index (χ0) is 8.72. The van der Waals surface area contributed by atoms with Crippen molar-refractivity contribution in [3.05, 3.63) is 11.8 Å². The zero-order valence-electron chi connectivity index (χ0n) is 7.66. The van der Waals surface area contributed by atoms with E-state index in [1.54, 1.807) is 6.26 Å². The van der Waals surface area contributed by atoms with Gasteiger partial charge in [-0.25, -0.2) is 0 Å². The van der Waals surface area contributed by atoms with Crippen LogP contribution in [0.1, 0.15) is 26.7 Å². The molecule has 1 aliphatic heterocycles. The first-order valence-corrected chi connectivity index (χ1v) is 4.70. The number of rotatable bonds is 0. The molecule has 0 radical (unpaired) electrons. The van der Waals surface area contributed by atoms with Gasteiger partial charge in [0, 0.05) is 5.92 Å². The van der Waals surface area contributed by atoms with E-state index in [-0.39, 0.29) is 0 Å². The molecule has 68 valence electrons. The fraction of sp³-hybridized carbons (Fsp3) is 0.800. The maximum Gasteiger partial charge on any atom is 0.200 e. The normalized spacial score (nSPS) is 46.4. The molecule has 0 saturated heterocycles. The molecule has 12 heavy (non-hydrogen) atoms. The van der Waals surface area contributed by atoms with Gasteiger partial charge in [-0.1, -0.05) is 6.92 Å². The largest absolute Gasteiger partial charge is 0.472 e. The average Bonchev–Trinajstić information content (AvgIpc) is 2.42. The van der Waals surface area contributed by atoms with Gasteiger partial charge in [-0.2, -0.15) is 0 Å². The molecule has 1 aliphatic carbocycles. The summed E-state index contributed by atoms with van der Waals surface area (Å²) >= 11 is 0. The van der Waals surface area contributed by atoms with Crippen molar-refractivity contribution in [3.8, 4) is 0 Å². The van der Waals surface area contributed by atoms with Crippen LogP contribution in [-0.2, 0) is 4.74 Å². The standard InChI is InChI=1S/C10H16O2/c1-6-3-4-8-7(2)5-12-10(11)9(6)8/h5-6,8-11H,3-4H2,1-2H3/t6-,8+,9-,10-/m0/s1. The Kier molecular flexibility index (Phi) is 1.87. The first kappa shape index (κ1) is 8.11. The zero-order valence-corrected chi connectivity index (χ0v) is 7.66. The van der Waals surface area contributed by atoms with E-state index in [1.807, 2.05) is 0 Å². The predicted octanol–water partition coefficient (Wildman–Crippen LogP) is 1.90. The summed E-state index contributed by atoms with van der Waals surface area (Å²) in [6.07, 6.45) is 3.61. The molecule has 0 bridgehead atoms. The lowest BCUT2D eigenvalue weighted by molar-refractivity contribution is -0.121. The Morgan fingerprint density at radius 2 is 2.25 bits per heavy atom. The lowest BCUT2D eigenvalue weighted by Crippen LogP contribution is -2.32. The first-order chi connectivity index (χ1) is 5.70. The van der Waals surface area contributed by atoms with Crippen molar-refractivity contribution in [2.45, 2.75) is 33.0 Å². The maximum absolute atomic E-state index is 9.60. The second kappa shape index (κ2) is 2.77. The van der Waals surface area contributed by atoms with E-state index >= 15 is 0 Å². The second-order valence-corrected chi connectivity index (χ2v) is 4.13. The van der Waals surface area contributed by atoms with Crippen LogP contribution >= 0.6 is 0 Å². The third kappa shape index (κ3) is 1.06. The highest BCUT2D eigenvalue weighted by Gasteiger charge is 2.42. The van der Waals surface area contributed by atoms with Crippen LogP contribution in [0.25, 0.3) is 0 Å². The molecule has 0 aromatic carbocycles. The number of hydrogen-bond acceptors (Lipinski definition) is 2. The van der Waals surface area contributed by atoms with Gasteiger partial charge in [0.25, 0.3) is 0 Å². The number of hydrogen-bond donors (Lipinski definition) is 1. The molecule has 0 aromatic rings. The Labute approximate surface area is 73.2 Å². The summed E-state index contributed by atoms with van der Waals surface area (Å²) in [4.78, 5) is 0. The van der Waals surface area contributed by atoms with Crippen LogP contribution in [0.4, 0.5) is 0 Å². The number of aliphatic hydroxyl groups excluding tert-OH is 1. The fourth-order valence-corrected chi connectivity index (χ4v) is 2.59. The first-order valence-electron chi connectivity index (χ1n) is 4.70. The van der Waals surface area contributed by atoms with Crippen LogP contribution in [-0.4, -0.2) is 11.4 Å². The number of ether oxygens (including phenoxy) is 1.